The molecule has 9 nitrogen and oxygen atoms in total. The summed E-state index contributed by atoms with van der Waals surface area (Å²) in [5, 5.41) is 2.73. The van der Waals surface area contributed by atoms with Gasteiger partial charge >= 0.3 is 0 Å². The molecule has 1 amide bonds. The van der Waals surface area contributed by atoms with Crippen LogP contribution in [0.5, 0.6) is 5.88 Å². The van der Waals surface area contributed by atoms with E-state index in [0.29, 0.717) is 42.6 Å². The van der Waals surface area contributed by atoms with E-state index in [1.165, 1.54) is 6.20 Å². The first-order valence-electron chi connectivity index (χ1n) is 10.3. The summed E-state index contributed by atoms with van der Waals surface area (Å²) in [6, 6.07) is 1.70. The largest absolute Gasteiger partial charge is 0.474 e. The highest BCUT2D eigenvalue weighted by atomic mass is 32.2. The lowest BCUT2D eigenvalue weighted by atomic mass is 10.0. The van der Waals surface area contributed by atoms with Gasteiger partial charge in [0.15, 0.2) is 0 Å². The van der Waals surface area contributed by atoms with Gasteiger partial charge in [-0.25, -0.2) is 13.4 Å². The van der Waals surface area contributed by atoms with Crippen LogP contribution in [0.4, 0.5) is 5.69 Å². The minimum atomic E-state index is -3.46. The number of amides is 1. The van der Waals surface area contributed by atoms with Gasteiger partial charge < -0.3 is 19.7 Å². The average Bonchev–Trinajstić information content (AvgIpc) is 2.69. The van der Waals surface area contributed by atoms with E-state index in [0.717, 1.165) is 24.7 Å². The van der Waals surface area contributed by atoms with Crippen molar-refractivity contribution in [3.63, 3.8) is 0 Å². The molecule has 1 saturated heterocycles. The van der Waals surface area contributed by atoms with Crippen LogP contribution in [0.1, 0.15) is 39.2 Å². The predicted molar refractivity (Wildman–Crippen MR) is 118 cm³/mol. The lowest BCUT2D eigenvalue weighted by Gasteiger charge is -2.30. The average molecular weight is 451 g/mol. The van der Waals surface area contributed by atoms with Gasteiger partial charge in [0.05, 0.1) is 37.9 Å². The van der Waals surface area contributed by atoms with E-state index in [2.05, 4.69) is 15.0 Å². The number of allylic oxidation sites excluding steroid dienone is 1. The standard InChI is InChI=1S/C21H30N4O5S/c1-14(2)15(3)19-20(26)22-7-8-25(19)13-16-11-17(24-31(4,27)28)12-23-21(16)30-18-5-9-29-10-6-18/h7-8,11-12,14,18,24H,5-6,9-10,13H2,1-4H3,(H,22,26)/b19-15-. The number of pyridine rings is 1. The number of hydrogen-bond donors (Lipinski definition) is 2. The van der Waals surface area contributed by atoms with Crippen molar-refractivity contribution in [1.29, 1.82) is 0 Å². The quantitative estimate of drug-likeness (QED) is 0.614. The van der Waals surface area contributed by atoms with Crippen LogP contribution in [-0.4, -0.2) is 49.8 Å². The van der Waals surface area contributed by atoms with E-state index in [4.69, 9.17) is 9.47 Å². The first kappa shape index (κ1) is 23.1. The maximum atomic E-state index is 12.6. The zero-order chi connectivity index (χ0) is 22.6. The lowest BCUT2D eigenvalue weighted by Crippen LogP contribution is -2.36. The summed E-state index contributed by atoms with van der Waals surface area (Å²) < 4.78 is 37.4. The number of rotatable bonds is 7. The zero-order valence-electron chi connectivity index (χ0n) is 18.3. The molecule has 0 aromatic carbocycles. The number of sulfonamides is 1. The predicted octanol–water partition coefficient (Wildman–Crippen LogP) is 2.34. The highest BCUT2D eigenvalue weighted by molar-refractivity contribution is 7.92. The van der Waals surface area contributed by atoms with Crippen LogP contribution >= 0.6 is 0 Å². The molecule has 0 unspecified atom stereocenters. The minimum absolute atomic E-state index is 0.0265. The Balaban J connectivity index is 1.96. The van der Waals surface area contributed by atoms with Crippen LogP contribution in [0, 0.1) is 5.92 Å². The number of anilines is 1. The Morgan fingerprint density at radius 2 is 2.10 bits per heavy atom. The van der Waals surface area contributed by atoms with Crippen molar-refractivity contribution >= 4 is 21.6 Å². The molecule has 31 heavy (non-hydrogen) atoms. The Labute approximate surface area is 183 Å². The summed E-state index contributed by atoms with van der Waals surface area (Å²) in [4.78, 5) is 18.8. The number of nitrogens with one attached hydrogen (secondary N) is 2. The Bertz CT molecular complexity index is 981. The summed E-state index contributed by atoms with van der Waals surface area (Å²) in [6.07, 6.45) is 7.39. The normalized spacial score (nSPS) is 19.4. The van der Waals surface area contributed by atoms with Gasteiger partial charge in [-0.3, -0.25) is 9.52 Å². The van der Waals surface area contributed by atoms with Crippen molar-refractivity contribution in [2.24, 2.45) is 5.92 Å². The summed E-state index contributed by atoms with van der Waals surface area (Å²) in [5.74, 6) is 0.426. The van der Waals surface area contributed by atoms with Gasteiger partial charge in [-0.05, 0) is 24.5 Å². The summed E-state index contributed by atoms with van der Waals surface area (Å²) in [6.45, 7) is 7.56. The highest BCUT2D eigenvalue weighted by Gasteiger charge is 2.25. The van der Waals surface area contributed by atoms with Crippen molar-refractivity contribution in [1.82, 2.24) is 15.2 Å². The Morgan fingerprint density at radius 3 is 2.74 bits per heavy atom. The molecule has 2 aliphatic heterocycles. The molecule has 0 aliphatic carbocycles. The molecular formula is C21H30N4O5S. The van der Waals surface area contributed by atoms with Crippen LogP contribution in [0.2, 0.25) is 0 Å². The highest BCUT2D eigenvalue weighted by Crippen LogP contribution is 2.28. The molecule has 2 N–H and O–H groups in total. The smallest absolute Gasteiger partial charge is 0.271 e. The first-order valence-corrected chi connectivity index (χ1v) is 12.2. The zero-order valence-corrected chi connectivity index (χ0v) is 19.2. The SMILES string of the molecule is C/C(=C1\C(=O)NC=CN1Cc1cc(NS(C)(=O)=O)cnc1OC1CCOCC1)C(C)C. The number of nitrogens with zero attached hydrogens (tertiary/aromatic N) is 2. The lowest BCUT2D eigenvalue weighted by molar-refractivity contribution is -0.118. The number of aromatic nitrogens is 1. The van der Waals surface area contributed by atoms with Gasteiger partial charge in [0.1, 0.15) is 11.8 Å². The fraction of sp³-hybridized carbons (Fsp3) is 0.524. The molecule has 0 atom stereocenters. The van der Waals surface area contributed by atoms with Crippen LogP contribution in [-0.2, 0) is 26.1 Å². The molecule has 3 heterocycles. The second-order valence-corrected chi connectivity index (χ2v) is 9.84. The molecule has 10 heteroatoms. The van der Waals surface area contributed by atoms with E-state index in [1.807, 2.05) is 25.7 Å². The molecule has 0 saturated carbocycles. The molecule has 1 aromatic rings. The van der Waals surface area contributed by atoms with Gasteiger partial charge in [-0.15, -0.1) is 0 Å². The van der Waals surface area contributed by atoms with Crippen LogP contribution in [0.15, 0.2) is 35.9 Å². The maximum absolute atomic E-state index is 12.6. The fourth-order valence-electron chi connectivity index (χ4n) is 3.41. The van der Waals surface area contributed by atoms with E-state index >= 15 is 0 Å². The summed E-state index contributed by atoms with van der Waals surface area (Å²) in [7, 11) is -3.46. The van der Waals surface area contributed by atoms with Crippen molar-refractivity contribution in [3.05, 3.63) is 41.5 Å². The number of hydrogen-bond acceptors (Lipinski definition) is 7. The molecule has 0 radical (unpaired) electrons. The Hall–Kier alpha value is -2.59. The molecule has 2 aliphatic rings. The van der Waals surface area contributed by atoms with Crippen LogP contribution in [0.25, 0.3) is 0 Å². The van der Waals surface area contributed by atoms with E-state index < -0.39 is 10.0 Å². The number of ether oxygens (including phenoxy) is 2. The van der Waals surface area contributed by atoms with Gasteiger partial charge in [-0.2, -0.15) is 0 Å². The van der Waals surface area contributed by atoms with Gasteiger partial charge in [0.2, 0.25) is 15.9 Å². The van der Waals surface area contributed by atoms with Gasteiger partial charge in [-0.1, -0.05) is 13.8 Å². The second kappa shape index (κ2) is 9.69. The molecule has 3 rings (SSSR count). The van der Waals surface area contributed by atoms with Crippen LogP contribution < -0.4 is 14.8 Å². The van der Waals surface area contributed by atoms with E-state index in [9.17, 15) is 13.2 Å². The van der Waals surface area contributed by atoms with E-state index in [1.54, 1.807) is 18.5 Å². The number of carbonyl (C=O) groups excluding carboxylic acids is 1. The van der Waals surface area contributed by atoms with Gasteiger partial charge in [0, 0.05) is 30.8 Å². The number of carbonyl (C=O) groups is 1. The second-order valence-electron chi connectivity index (χ2n) is 8.10. The van der Waals surface area contributed by atoms with Crippen LogP contribution in [0.3, 0.4) is 0 Å². The first-order chi connectivity index (χ1) is 14.6. The van der Waals surface area contributed by atoms with Crippen molar-refractivity contribution < 1.29 is 22.7 Å². The Morgan fingerprint density at radius 1 is 1.39 bits per heavy atom. The molecule has 0 spiro atoms. The van der Waals surface area contributed by atoms with Gasteiger partial charge in [0.25, 0.3) is 5.91 Å². The Kier molecular flexibility index (Phi) is 7.22. The third kappa shape index (κ3) is 6.20. The molecule has 1 aromatic heterocycles. The maximum Gasteiger partial charge on any atom is 0.271 e. The molecule has 170 valence electrons. The third-order valence-corrected chi connectivity index (χ3v) is 5.83. The molecular weight excluding hydrogens is 420 g/mol. The summed E-state index contributed by atoms with van der Waals surface area (Å²) >= 11 is 0. The monoisotopic (exact) mass is 450 g/mol. The molecule has 0 bridgehead atoms. The van der Waals surface area contributed by atoms with Crippen molar-refractivity contribution in [3.8, 4) is 5.88 Å². The fourth-order valence-corrected chi connectivity index (χ4v) is 3.95. The minimum Gasteiger partial charge on any atom is -0.474 e. The molecule has 1 fully saturated rings. The van der Waals surface area contributed by atoms with Crippen molar-refractivity contribution in [2.45, 2.75) is 46.3 Å². The van der Waals surface area contributed by atoms with E-state index in [-0.39, 0.29) is 17.9 Å². The van der Waals surface area contributed by atoms with Crippen molar-refractivity contribution in [2.75, 3.05) is 24.2 Å². The topological polar surface area (TPSA) is 110 Å². The third-order valence-electron chi connectivity index (χ3n) is 5.23. The summed E-state index contributed by atoms with van der Waals surface area (Å²) in [5.41, 5.74) is 2.53.